The first-order chi connectivity index (χ1) is 12.6. The monoisotopic (exact) mass is 370 g/mol. The lowest BCUT2D eigenvalue weighted by Crippen LogP contribution is -2.50. The van der Waals surface area contributed by atoms with Gasteiger partial charge < -0.3 is 14.5 Å². The van der Waals surface area contributed by atoms with Crippen LogP contribution in [-0.2, 0) is 0 Å². The van der Waals surface area contributed by atoms with E-state index in [1.54, 1.807) is 40.1 Å². The Hall–Kier alpha value is -2.47. The normalized spacial score (nSPS) is 14.2. The average molecular weight is 370 g/mol. The van der Waals surface area contributed by atoms with Crippen LogP contribution in [0.3, 0.4) is 0 Å². The Balaban J connectivity index is 1.60. The molecule has 1 heterocycles. The van der Waals surface area contributed by atoms with E-state index in [4.69, 9.17) is 4.74 Å². The predicted molar refractivity (Wildman–Crippen MR) is 103 cm³/mol. The van der Waals surface area contributed by atoms with Crippen molar-refractivity contribution in [2.45, 2.75) is 11.8 Å². The molecule has 0 aliphatic carbocycles. The summed E-state index contributed by atoms with van der Waals surface area (Å²) in [6, 6.07) is 14.4. The van der Waals surface area contributed by atoms with Gasteiger partial charge >= 0.3 is 0 Å². The first-order valence-electron chi connectivity index (χ1n) is 8.69. The number of thiol groups is 1. The number of hydrogen-bond acceptors (Lipinski definition) is 4. The van der Waals surface area contributed by atoms with Gasteiger partial charge in [0.1, 0.15) is 5.75 Å². The second-order valence-corrected chi connectivity index (χ2v) is 6.54. The van der Waals surface area contributed by atoms with Crippen LogP contribution < -0.4 is 4.74 Å². The maximum atomic E-state index is 12.6. The molecule has 0 radical (unpaired) electrons. The molecule has 6 heteroatoms. The van der Waals surface area contributed by atoms with Crippen LogP contribution in [0.15, 0.2) is 53.4 Å². The van der Waals surface area contributed by atoms with Crippen LogP contribution in [0, 0.1) is 0 Å². The van der Waals surface area contributed by atoms with Crippen LogP contribution >= 0.6 is 12.6 Å². The van der Waals surface area contributed by atoms with E-state index in [0.29, 0.717) is 48.8 Å². The van der Waals surface area contributed by atoms with Gasteiger partial charge in [0.15, 0.2) is 0 Å². The fraction of sp³-hybridized carbons (Fsp3) is 0.300. The lowest BCUT2D eigenvalue weighted by atomic mass is 10.1. The van der Waals surface area contributed by atoms with Crippen LogP contribution in [0.25, 0.3) is 0 Å². The molecule has 26 heavy (non-hydrogen) atoms. The lowest BCUT2D eigenvalue weighted by Gasteiger charge is -2.35. The Morgan fingerprint density at radius 2 is 1.50 bits per heavy atom. The molecule has 0 spiro atoms. The van der Waals surface area contributed by atoms with Gasteiger partial charge in [0, 0.05) is 36.6 Å². The van der Waals surface area contributed by atoms with Gasteiger partial charge in [0.2, 0.25) is 0 Å². The summed E-state index contributed by atoms with van der Waals surface area (Å²) in [6.45, 7) is 4.59. The van der Waals surface area contributed by atoms with Gasteiger partial charge in [-0.05, 0) is 43.3 Å². The Morgan fingerprint density at radius 1 is 0.923 bits per heavy atom. The van der Waals surface area contributed by atoms with Gasteiger partial charge in [0.05, 0.1) is 12.2 Å². The highest BCUT2D eigenvalue weighted by Gasteiger charge is 2.26. The van der Waals surface area contributed by atoms with Gasteiger partial charge in [-0.3, -0.25) is 9.59 Å². The maximum Gasteiger partial charge on any atom is 0.255 e. The second kappa shape index (κ2) is 8.27. The summed E-state index contributed by atoms with van der Waals surface area (Å²) < 4.78 is 5.40. The van der Waals surface area contributed by atoms with Crippen molar-refractivity contribution in [1.82, 2.24) is 9.80 Å². The molecule has 0 bridgehead atoms. The van der Waals surface area contributed by atoms with Crippen LogP contribution in [0.1, 0.15) is 27.6 Å². The van der Waals surface area contributed by atoms with Crippen molar-refractivity contribution in [3.8, 4) is 5.75 Å². The number of piperazine rings is 1. The molecule has 5 nitrogen and oxygen atoms in total. The molecule has 3 rings (SSSR count). The zero-order valence-electron chi connectivity index (χ0n) is 14.7. The first-order valence-corrected chi connectivity index (χ1v) is 9.14. The van der Waals surface area contributed by atoms with E-state index in [2.05, 4.69) is 12.6 Å². The number of benzene rings is 2. The van der Waals surface area contributed by atoms with E-state index >= 15 is 0 Å². The molecule has 1 aliphatic rings. The zero-order chi connectivity index (χ0) is 18.5. The summed E-state index contributed by atoms with van der Waals surface area (Å²) >= 11 is 4.36. The topological polar surface area (TPSA) is 49.9 Å². The highest BCUT2D eigenvalue weighted by Crippen LogP contribution is 2.18. The third-order valence-corrected chi connectivity index (χ3v) is 4.79. The number of nitrogens with zero attached hydrogens (tertiary/aromatic N) is 2. The van der Waals surface area contributed by atoms with E-state index in [1.807, 2.05) is 25.1 Å². The van der Waals surface area contributed by atoms with Crippen LogP contribution in [-0.4, -0.2) is 54.4 Å². The van der Waals surface area contributed by atoms with E-state index in [9.17, 15) is 9.59 Å². The maximum absolute atomic E-state index is 12.6. The number of carbonyl (C=O) groups excluding carboxylic acids is 2. The quantitative estimate of drug-likeness (QED) is 0.842. The van der Waals surface area contributed by atoms with Crippen molar-refractivity contribution in [1.29, 1.82) is 0 Å². The molecule has 1 aliphatic heterocycles. The van der Waals surface area contributed by atoms with Crippen molar-refractivity contribution in [2.24, 2.45) is 0 Å². The van der Waals surface area contributed by atoms with Crippen molar-refractivity contribution in [3.63, 3.8) is 0 Å². The molecule has 0 aromatic heterocycles. The summed E-state index contributed by atoms with van der Waals surface area (Å²) in [5.74, 6) is 0.698. The number of carbonyl (C=O) groups is 2. The lowest BCUT2D eigenvalue weighted by molar-refractivity contribution is 0.0533. The minimum Gasteiger partial charge on any atom is -0.494 e. The van der Waals surface area contributed by atoms with Crippen molar-refractivity contribution < 1.29 is 14.3 Å². The number of hydrogen-bond donors (Lipinski definition) is 1. The SMILES string of the molecule is CCOc1ccc(C(=O)N2CCN(C(=O)c3ccccc3S)CC2)cc1. The molecule has 0 atom stereocenters. The molecule has 2 aromatic carbocycles. The highest BCUT2D eigenvalue weighted by molar-refractivity contribution is 7.80. The molecule has 2 amide bonds. The van der Waals surface area contributed by atoms with Crippen molar-refractivity contribution in [2.75, 3.05) is 32.8 Å². The molecular weight excluding hydrogens is 348 g/mol. The number of amides is 2. The van der Waals surface area contributed by atoms with Gasteiger partial charge in [-0.1, -0.05) is 12.1 Å². The van der Waals surface area contributed by atoms with Gasteiger partial charge in [-0.15, -0.1) is 12.6 Å². The Bertz CT molecular complexity index is 784. The third kappa shape index (κ3) is 4.02. The summed E-state index contributed by atoms with van der Waals surface area (Å²) in [5, 5.41) is 0. The first kappa shape index (κ1) is 18.3. The molecule has 2 aromatic rings. The van der Waals surface area contributed by atoms with E-state index in [-0.39, 0.29) is 11.8 Å². The minimum absolute atomic E-state index is 0.0188. The molecular formula is C20H22N2O3S. The highest BCUT2D eigenvalue weighted by atomic mass is 32.1. The third-order valence-electron chi connectivity index (χ3n) is 4.40. The smallest absolute Gasteiger partial charge is 0.255 e. The average Bonchev–Trinajstić information content (AvgIpc) is 2.68. The van der Waals surface area contributed by atoms with Crippen molar-refractivity contribution >= 4 is 24.4 Å². The van der Waals surface area contributed by atoms with Crippen molar-refractivity contribution in [3.05, 3.63) is 59.7 Å². The zero-order valence-corrected chi connectivity index (χ0v) is 15.6. The standard InChI is InChI=1S/C20H22N2O3S/c1-2-25-16-9-7-15(8-10-16)19(23)21-11-13-22(14-12-21)20(24)17-5-3-4-6-18(17)26/h3-10,26H,2,11-14H2,1H3. The Morgan fingerprint density at radius 3 is 2.08 bits per heavy atom. The van der Waals surface area contributed by atoms with Crippen LogP contribution in [0.2, 0.25) is 0 Å². The molecule has 0 unspecified atom stereocenters. The molecule has 0 saturated carbocycles. The Labute approximate surface area is 159 Å². The fourth-order valence-electron chi connectivity index (χ4n) is 2.98. The molecule has 1 fully saturated rings. The fourth-order valence-corrected chi connectivity index (χ4v) is 3.24. The Kier molecular flexibility index (Phi) is 5.83. The molecule has 0 N–H and O–H groups in total. The van der Waals surface area contributed by atoms with E-state index in [1.165, 1.54) is 0 Å². The summed E-state index contributed by atoms with van der Waals surface area (Å²) in [5.41, 5.74) is 1.23. The number of rotatable bonds is 4. The van der Waals surface area contributed by atoms with Gasteiger partial charge in [-0.25, -0.2) is 0 Å². The number of ether oxygens (including phenoxy) is 1. The molecule has 1 saturated heterocycles. The van der Waals surface area contributed by atoms with Gasteiger partial charge in [-0.2, -0.15) is 0 Å². The van der Waals surface area contributed by atoms with Gasteiger partial charge in [0.25, 0.3) is 11.8 Å². The van der Waals surface area contributed by atoms with Crippen LogP contribution in [0.4, 0.5) is 0 Å². The summed E-state index contributed by atoms with van der Waals surface area (Å²) in [4.78, 5) is 29.5. The van der Waals surface area contributed by atoms with Crippen LogP contribution in [0.5, 0.6) is 5.75 Å². The minimum atomic E-state index is -0.0382. The largest absolute Gasteiger partial charge is 0.494 e. The molecule has 136 valence electrons. The summed E-state index contributed by atoms with van der Waals surface area (Å²) in [7, 11) is 0. The summed E-state index contributed by atoms with van der Waals surface area (Å²) in [6.07, 6.45) is 0. The predicted octanol–water partition coefficient (Wildman–Crippen LogP) is 2.97. The van der Waals surface area contributed by atoms with E-state index < -0.39 is 0 Å². The van der Waals surface area contributed by atoms with E-state index in [0.717, 1.165) is 5.75 Å². The second-order valence-electron chi connectivity index (χ2n) is 6.06.